The molecular formula is C17H16N2O6S. The second-order valence-electron chi connectivity index (χ2n) is 5.70. The van der Waals surface area contributed by atoms with Crippen LogP contribution in [-0.2, 0) is 21.2 Å². The third-order valence-corrected chi connectivity index (χ3v) is 4.71. The Kier molecular flexibility index (Phi) is 4.64. The molecule has 0 unspecified atom stereocenters. The van der Waals surface area contributed by atoms with Gasteiger partial charge in [-0.3, -0.25) is 0 Å². The summed E-state index contributed by atoms with van der Waals surface area (Å²) >= 11 is 0. The number of nitrogens with zero attached hydrogens (tertiary/aromatic N) is 2. The first-order valence-corrected chi connectivity index (χ1v) is 9.50. The molecule has 0 radical (unpaired) electrons. The molecule has 26 heavy (non-hydrogen) atoms. The summed E-state index contributed by atoms with van der Waals surface area (Å²) in [6.07, 6.45) is 1.09. The molecule has 136 valence electrons. The molecule has 0 aliphatic heterocycles. The maximum Gasteiger partial charge on any atom is 0.338 e. The zero-order valence-electron chi connectivity index (χ0n) is 14.3. The molecule has 0 fully saturated rings. The van der Waals surface area contributed by atoms with E-state index in [1.807, 2.05) is 6.92 Å². The number of hydrogen-bond acceptors (Lipinski definition) is 8. The van der Waals surface area contributed by atoms with Crippen molar-refractivity contribution in [3.05, 3.63) is 53.3 Å². The van der Waals surface area contributed by atoms with E-state index in [1.54, 1.807) is 13.0 Å². The Morgan fingerprint density at radius 3 is 2.38 bits per heavy atom. The fourth-order valence-corrected chi connectivity index (χ4v) is 2.94. The first-order chi connectivity index (χ1) is 12.2. The van der Waals surface area contributed by atoms with Gasteiger partial charge in [0.25, 0.3) is 11.8 Å². The maximum atomic E-state index is 12.0. The number of esters is 1. The molecule has 0 saturated carbocycles. The molecule has 3 aromatic rings. The van der Waals surface area contributed by atoms with Gasteiger partial charge in [-0.05, 0) is 44.2 Å². The number of carbonyl (C=O) groups is 1. The maximum absolute atomic E-state index is 12.0. The smallest absolute Gasteiger partial charge is 0.338 e. The van der Waals surface area contributed by atoms with Crippen molar-refractivity contribution in [2.24, 2.45) is 0 Å². The quantitative estimate of drug-likeness (QED) is 0.625. The van der Waals surface area contributed by atoms with E-state index in [1.165, 1.54) is 24.3 Å². The summed E-state index contributed by atoms with van der Waals surface area (Å²) in [7, 11) is -3.32. The van der Waals surface area contributed by atoms with Crippen molar-refractivity contribution in [3.8, 4) is 11.5 Å². The standard InChI is InChI=1S/C17H16N2O6S/c1-10-8-14(11(2)24-10)16-19-18-15(25-16)9-23-17(20)12-4-6-13(7-5-12)26(3,21)22/h4-8H,9H2,1-3H3. The molecule has 0 bridgehead atoms. The molecule has 2 heterocycles. The normalized spacial score (nSPS) is 11.5. The van der Waals surface area contributed by atoms with Gasteiger partial charge >= 0.3 is 5.97 Å². The van der Waals surface area contributed by atoms with E-state index in [2.05, 4.69) is 10.2 Å². The number of rotatable bonds is 5. The van der Waals surface area contributed by atoms with Gasteiger partial charge in [0, 0.05) is 6.26 Å². The number of sulfone groups is 1. The number of aryl methyl sites for hydroxylation is 2. The predicted octanol–water partition coefficient (Wildman–Crippen LogP) is 2.71. The fraction of sp³-hybridized carbons (Fsp3) is 0.235. The largest absolute Gasteiger partial charge is 0.466 e. The molecule has 0 aliphatic rings. The number of carbonyl (C=O) groups excluding carboxylic acids is 1. The van der Waals surface area contributed by atoms with Crippen molar-refractivity contribution in [1.82, 2.24) is 10.2 Å². The van der Waals surface area contributed by atoms with Gasteiger partial charge in [-0.2, -0.15) is 0 Å². The van der Waals surface area contributed by atoms with E-state index in [4.69, 9.17) is 13.6 Å². The lowest BCUT2D eigenvalue weighted by atomic mass is 10.2. The van der Waals surface area contributed by atoms with Gasteiger partial charge in [-0.1, -0.05) is 0 Å². The van der Waals surface area contributed by atoms with E-state index in [0.717, 1.165) is 12.0 Å². The Labute approximate surface area is 149 Å². The first kappa shape index (κ1) is 17.9. The van der Waals surface area contributed by atoms with Gasteiger partial charge in [-0.25, -0.2) is 13.2 Å². The SMILES string of the molecule is Cc1cc(-c2nnc(COC(=O)c3ccc(S(C)(=O)=O)cc3)o2)c(C)o1. The minimum atomic E-state index is -3.32. The molecule has 0 aliphatic carbocycles. The highest BCUT2D eigenvalue weighted by Crippen LogP contribution is 2.25. The lowest BCUT2D eigenvalue weighted by Crippen LogP contribution is -2.06. The monoisotopic (exact) mass is 376 g/mol. The predicted molar refractivity (Wildman–Crippen MR) is 90.1 cm³/mol. The lowest BCUT2D eigenvalue weighted by Gasteiger charge is -2.03. The van der Waals surface area contributed by atoms with E-state index < -0.39 is 15.8 Å². The topological polar surface area (TPSA) is 112 Å². The van der Waals surface area contributed by atoms with Crippen molar-refractivity contribution in [1.29, 1.82) is 0 Å². The molecule has 2 aromatic heterocycles. The van der Waals surface area contributed by atoms with Crippen LogP contribution in [-0.4, -0.2) is 30.8 Å². The zero-order valence-corrected chi connectivity index (χ0v) is 15.2. The molecular weight excluding hydrogens is 360 g/mol. The van der Waals surface area contributed by atoms with Crippen LogP contribution < -0.4 is 0 Å². The Balaban J connectivity index is 1.66. The van der Waals surface area contributed by atoms with Gasteiger partial charge < -0.3 is 13.6 Å². The summed E-state index contributed by atoms with van der Waals surface area (Å²) in [4.78, 5) is 12.2. The minimum Gasteiger partial charge on any atom is -0.466 e. The second-order valence-corrected chi connectivity index (χ2v) is 7.72. The molecule has 0 spiro atoms. The molecule has 0 amide bonds. The summed E-state index contributed by atoms with van der Waals surface area (Å²) in [5.74, 6) is 1.17. The Hall–Kier alpha value is -2.94. The van der Waals surface area contributed by atoms with E-state index in [-0.39, 0.29) is 28.8 Å². The molecule has 8 nitrogen and oxygen atoms in total. The average molecular weight is 376 g/mol. The van der Waals surface area contributed by atoms with Crippen molar-refractivity contribution in [3.63, 3.8) is 0 Å². The number of hydrogen-bond donors (Lipinski definition) is 0. The van der Waals surface area contributed by atoms with E-state index >= 15 is 0 Å². The highest BCUT2D eigenvalue weighted by Gasteiger charge is 2.16. The van der Waals surface area contributed by atoms with Crippen molar-refractivity contribution in [2.45, 2.75) is 25.3 Å². The van der Waals surface area contributed by atoms with Crippen molar-refractivity contribution < 1.29 is 26.8 Å². The van der Waals surface area contributed by atoms with Gasteiger partial charge in [-0.15, -0.1) is 10.2 Å². The minimum absolute atomic E-state index is 0.126. The summed E-state index contributed by atoms with van der Waals surface area (Å²) in [5, 5.41) is 7.76. The van der Waals surface area contributed by atoms with Crippen molar-refractivity contribution in [2.75, 3.05) is 6.26 Å². The van der Waals surface area contributed by atoms with Crippen LogP contribution in [0, 0.1) is 13.8 Å². The Morgan fingerprint density at radius 2 is 1.81 bits per heavy atom. The van der Waals surface area contributed by atoms with Crippen LogP contribution in [0.4, 0.5) is 0 Å². The van der Waals surface area contributed by atoms with Crippen LogP contribution in [0.2, 0.25) is 0 Å². The molecule has 0 N–H and O–H groups in total. The Bertz CT molecular complexity index is 1050. The highest BCUT2D eigenvalue weighted by atomic mass is 32.2. The molecule has 0 atom stereocenters. The molecule has 1 aromatic carbocycles. The first-order valence-electron chi connectivity index (χ1n) is 7.61. The highest BCUT2D eigenvalue weighted by molar-refractivity contribution is 7.90. The molecule has 0 saturated heterocycles. The van der Waals surface area contributed by atoms with E-state index in [9.17, 15) is 13.2 Å². The molecule has 9 heteroatoms. The average Bonchev–Trinajstić information content (AvgIpc) is 3.18. The second kappa shape index (κ2) is 6.75. The van der Waals surface area contributed by atoms with Gasteiger partial charge in [0.15, 0.2) is 16.4 Å². The van der Waals surface area contributed by atoms with Crippen LogP contribution in [0.5, 0.6) is 0 Å². The fourth-order valence-electron chi connectivity index (χ4n) is 2.31. The zero-order chi connectivity index (χ0) is 18.9. The summed E-state index contributed by atoms with van der Waals surface area (Å²) in [6.45, 7) is 3.40. The van der Waals surface area contributed by atoms with Crippen LogP contribution in [0.15, 0.2) is 44.1 Å². The Morgan fingerprint density at radius 1 is 1.12 bits per heavy atom. The van der Waals surface area contributed by atoms with Gasteiger partial charge in [0.05, 0.1) is 16.0 Å². The number of benzene rings is 1. The number of furan rings is 1. The van der Waals surface area contributed by atoms with Crippen LogP contribution in [0.3, 0.4) is 0 Å². The van der Waals surface area contributed by atoms with Gasteiger partial charge in [0.1, 0.15) is 11.5 Å². The third kappa shape index (κ3) is 3.83. The third-order valence-electron chi connectivity index (χ3n) is 3.58. The summed E-state index contributed by atoms with van der Waals surface area (Å²) in [5.41, 5.74) is 0.905. The van der Waals surface area contributed by atoms with Crippen LogP contribution in [0.1, 0.15) is 27.8 Å². The van der Waals surface area contributed by atoms with Gasteiger partial charge in [0.2, 0.25) is 0 Å². The number of aromatic nitrogens is 2. The summed E-state index contributed by atoms with van der Waals surface area (Å²) < 4.78 is 38.8. The van der Waals surface area contributed by atoms with Crippen LogP contribution >= 0.6 is 0 Å². The van der Waals surface area contributed by atoms with Crippen molar-refractivity contribution >= 4 is 15.8 Å². The van der Waals surface area contributed by atoms with Crippen LogP contribution in [0.25, 0.3) is 11.5 Å². The number of ether oxygens (including phenoxy) is 1. The summed E-state index contributed by atoms with van der Waals surface area (Å²) in [6, 6.07) is 7.24. The van der Waals surface area contributed by atoms with E-state index in [0.29, 0.717) is 11.3 Å². The lowest BCUT2D eigenvalue weighted by molar-refractivity contribution is 0.0438. The molecule has 3 rings (SSSR count).